The molecule has 0 aromatic heterocycles. The monoisotopic (exact) mass is 349 g/mol. The molecule has 0 spiro atoms. The first-order valence-electron chi connectivity index (χ1n) is 8.43. The predicted molar refractivity (Wildman–Crippen MR) is 94.8 cm³/mol. The molecule has 1 aromatic rings. The Hall–Kier alpha value is -2.28. The number of carbonyl (C=O) groups is 2. The van der Waals surface area contributed by atoms with Gasteiger partial charge in [0.05, 0.1) is 26.8 Å². The zero-order valence-corrected chi connectivity index (χ0v) is 15.4. The highest BCUT2D eigenvalue weighted by molar-refractivity contribution is 5.78. The normalized spacial score (nSPS) is 16.2. The maximum absolute atomic E-state index is 12.4. The molecular weight excluding hydrogens is 322 g/mol. The lowest BCUT2D eigenvalue weighted by Crippen LogP contribution is -2.50. The molecule has 1 aliphatic heterocycles. The van der Waals surface area contributed by atoms with Crippen LogP contribution in [0.4, 0.5) is 0 Å². The van der Waals surface area contributed by atoms with E-state index in [1.165, 1.54) is 0 Å². The Morgan fingerprint density at radius 2 is 1.84 bits per heavy atom. The van der Waals surface area contributed by atoms with Crippen LogP contribution >= 0.6 is 0 Å². The zero-order valence-electron chi connectivity index (χ0n) is 15.4. The topological polar surface area (TPSA) is 71.1 Å². The highest BCUT2D eigenvalue weighted by Crippen LogP contribution is 2.29. The van der Waals surface area contributed by atoms with Gasteiger partial charge in [-0.05, 0) is 25.1 Å². The van der Waals surface area contributed by atoms with E-state index in [1.807, 2.05) is 25.1 Å². The van der Waals surface area contributed by atoms with E-state index in [9.17, 15) is 9.59 Å². The second-order valence-electron chi connectivity index (χ2n) is 6.18. The van der Waals surface area contributed by atoms with Crippen LogP contribution in [0.3, 0.4) is 0 Å². The second kappa shape index (κ2) is 8.71. The molecule has 7 heteroatoms. The maximum Gasteiger partial charge on any atom is 0.234 e. The van der Waals surface area contributed by atoms with Crippen LogP contribution in [-0.2, 0) is 9.59 Å². The van der Waals surface area contributed by atoms with Crippen molar-refractivity contribution in [1.82, 2.24) is 15.1 Å². The lowest BCUT2D eigenvalue weighted by Gasteiger charge is -2.33. The van der Waals surface area contributed by atoms with E-state index < -0.39 is 0 Å². The third kappa shape index (κ3) is 5.09. The number of hydrogen-bond acceptors (Lipinski definition) is 5. The summed E-state index contributed by atoms with van der Waals surface area (Å²) in [7, 11) is 3.21. The summed E-state index contributed by atoms with van der Waals surface area (Å²) in [5, 5.41) is 3.01. The van der Waals surface area contributed by atoms with Gasteiger partial charge in [-0.25, -0.2) is 0 Å². The summed E-state index contributed by atoms with van der Waals surface area (Å²) in [4.78, 5) is 27.6. The van der Waals surface area contributed by atoms with Crippen molar-refractivity contribution in [3.8, 4) is 11.5 Å². The molecule has 25 heavy (non-hydrogen) atoms. The van der Waals surface area contributed by atoms with Gasteiger partial charge in [0.1, 0.15) is 11.5 Å². The van der Waals surface area contributed by atoms with Crippen molar-refractivity contribution in [1.29, 1.82) is 0 Å². The van der Waals surface area contributed by atoms with Gasteiger partial charge in [-0.1, -0.05) is 0 Å². The molecule has 1 heterocycles. The van der Waals surface area contributed by atoms with E-state index in [0.29, 0.717) is 38.5 Å². The van der Waals surface area contributed by atoms with Gasteiger partial charge in [-0.15, -0.1) is 0 Å². The fourth-order valence-corrected chi connectivity index (χ4v) is 2.97. The first kappa shape index (κ1) is 19.1. The summed E-state index contributed by atoms with van der Waals surface area (Å²) in [5.41, 5.74) is 0.872. The molecule has 1 aliphatic rings. The van der Waals surface area contributed by atoms with E-state index in [0.717, 1.165) is 11.3 Å². The summed E-state index contributed by atoms with van der Waals surface area (Å²) in [6.07, 6.45) is 0. The van der Waals surface area contributed by atoms with Crippen LogP contribution < -0.4 is 14.8 Å². The maximum atomic E-state index is 12.4. The number of carbonyl (C=O) groups excluding carboxylic acids is 2. The fraction of sp³-hybridized carbons (Fsp3) is 0.556. The molecule has 0 radical (unpaired) electrons. The molecule has 0 aliphatic carbocycles. The number of methoxy groups -OCH3 is 2. The van der Waals surface area contributed by atoms with Crippen LogP contribution in [0.25, 0.3) is 0 Å². The zero-order chi connectivity index (χ0) is 18.4. The number of piperazine rings is 1. The van der Waals surface area contributed by atoms with E-state index in [-0.39, 0.29) is 17.9 Å². The third-order valence-corrected chi connectivity index (χ3v) is 4.47. The van der Waals surface area contributed by atoms with E-state index in [1.54, 1.807) is 26.0 Å². The molecule has 1 N–H and O–H groups in total. The predicted octanol–water partition coefficient (Wildman–Crippen LogP) is 1.05. The molecule has 1 atom stereocenters. The van der Waals surface area contributed by atoms with Crippen molar-refractivity contribution < 1.29 is 19.1 Å². The smallest absolute Gasteiger partial charge is 0.234 e. The van der Waals surface area contributed by atoms with Gasteiger partial charge in [-0.2, -0.15) is 0 Å². The fourth-order valence-electron chi connectivity index (χ4n) is 2.97. The minimum Gasteiger partial charge on any atom is -0.497 e. The quantitative estimate of drug-likeness (QED) is 0.831. The van der Waals surface area contributed by atoms with Gasteiger partial charge in [0.25, 0.3) is 0 Å². The van der Waals surface area contributed by atoms with Crippen molar-refractivity contribution >= 4 is 11.8 Å². The summed E-state index contributed by atoms with van der Waals surface area (Å²) < 4.78 is 10.6. The second-order valence-corrected chi connectivity index (χ2v) is 6.18. The van der Waals surface area contributed by atoms with E-state index in [4.69, 9.17) is 9.47 Å². The molecule has 0 saturated carbocycles. The van der Waals surface area contributed by atoms with Gasteiger partial charge in [0, 0.05) is 38.7 Å². The van der Waals surface area contributed by atoms with Crippen LogP contribution in [0.2, 0.25) is 0 Å². The Labute approximate surface area is 148 Å². The van der Waals surface area contributed by atoms with Crippen LogP contribution in [-0.4, -0.2) is 68.6 Å². The summed E-state index contributed by atoms with van der Waals surface area (Å²) in [6.45, 7) is 6.58. The number of rotatable bonds is 6. The van der Waals surface area contributed by atoms with Crippen LogP contribution in [0.5, 0.6) is 11.5 Å². The highest BCUT2D eigenvalue weighted by atomic mass is 16.5. The molecule has 1 unspecified atom stereocenters. The third-order valence-electron chi connectivity index (χ3n) is 4.47. The number of nitrogens with zero attached hydrogens (tertiary/aromatic N) is 2. The minimum absolute atomic E-state index is 0.0475. The van der Waals surface area contributed by atoms with Gasteiger partial charge in [0.15, 0.2) is 0 Å². The first-order valence-corrected chi connectivity index (χ1v) is 8.43. The lowest BCUT2D eigenvalue weighted by molar-refractivity contribution is -0.131. The molecule has 1 saturated heterocycles. The van der Waals surface area contributed by atoms with Gasteiger partial charge in [-0.3, -0.25) is 14.5 Å². The molecular formula is C18H27N3O4. The van der Waals surface area contributed by atoms with Crippen molar-refractivity contribution in [2.45, 2.75) is 19.9 Å². The van der Waals surface area contributed by atoms with Gasteiger partial charge >= 0.3 is 0 Å². The largest absolute Gasteiger partial charge is 0.497 e. The molecule has 2 rings (SSSR count). The SMILES string of the molecule is COc1ccc(OC)c(C(C)NC(=O)CN2CCN(C(C)=O)CC2)c1. The number of amides is 2. The molecule has 0 bridgehead atoms. The van der Waals surface area contributed by atoms with Crippen molar-refractivity contribution in [2.24, 2.45) is 0 Å². The standard InChI is InChI=1S/C18H27N3O4/c1-13(16-11-15(24-3)5-6-17(16)25-4)19-18(23)12-20-7-9-21(10-8-20)14(2)22/h5-6,11,13H,7-10,12H2,1-4H3,(H,19,23). The van der Waals surface area contributed by atoms with Gasteiger partial charge in [0.2, 0.25) is 11.8 Å². The van der Waals surface area contributed by atoms with E-state index >= 15 is 0 Å². The first-order chi connectivity index (χ1) is 11.9. The molecule has 1 aromatic carbocycles. The lowest BCUT2D eigenvalue weighted by atomic mass is 10.1. The average Bonchev–Trinajstić information content (AvgIpc) is 2.61. The van der Waals surface area contributed by atoms with Gasteiger partial charge < -0.3 is 19.7 Å². The van der Waals surface area contributed by atoms with Crippen LogP contribution in [0, 0.1) is 0 Å². The van der Waals surface area contributed by atoms with Crippen LogP contribution in [0.1, 0.15) is 25.5 Å². The Morgan fingerprint density at radius 1 is 1.16 bits per heavy atom. The Bertz CT molecular complexity index is 612. The molecule has 2 amide bonds. The summed E-state index contributed by atoms with van der Waals surface area (Å²) in [6, 6.07) is 5.33. The number of ether oxygens (including phenoxy) is 2. The average molecular weight is 349 g/mol. The van der Waals surface area contributed by atoms with Crippen molar-refractivity contribution in [3.63, 3.8) is 0 Å². The van der Waals surface area contributed by atoms with Crippen molar-refractivity contribution in [3.05, 3.63) is 23.8 Å². The number of nitrogens with one attached hydrogen (secondary N) is 1. The summed E-state index contributed by atoms with van der Waals surface area (Å²) in [5.74, 6) is 1.47. The highest BCUT2D eigenvalue weighted by Gasteiger charge is 2.21. The molecule has 7 nitrogen and oxygen atoms in total. The number of benzene rings is 1. The van der Waals surface area contributed by atoms with E-state index in [2.05, 4.69) is 10.2 Å². The minimum atomic E-state index is -0.198. The molecule has 138 valence electrons. The molecule has 1 fully saturated rings. The Morgan fingerprint density at radius 3 is 2.40 bits per heavy atom. The summed E-state index contributed by atoms with van der Waals surface area (Å²) >= 11 is 0. The Kier molecular flexibility index (Phi) is 6.64. The number of hydrogen-bond donors (Lipinski definition) is 1. The van der Waals surface area contributed by atoms with Crippen LogP contribution in [0.15, 0.2) is 18.2 Å². The van der Waals surface area contributed by atoms with Crippen molar-refractivity contribution in [2.75, 3.05) is 46.9 Å². The Balaban J connectivity index is 1.91.